The Morgan fingerprint density at radius 2 is 2.31 bits per heavy atom. The van der Waals surface area contributed by atoms with Gasteiger partial charge in [0.25, 0.3) is 0 Å². The van der Waals surface area contributed by atoms with Crippen molar-refractivity contribution in [2.24, 2.45) is 0 Å². The minimum atomic E-state index is 0.710. The summed E-state index contributed by atoms with van der Waals surface area (Å²) in [6, 6.07) is 2.17. The van der Waals surface area contributed by atoms with E-state index in [1.165, 1.54) is 23.2 Å². The van der Waals surface area contributed by atoms with E-state index < -0.39 is 0 Å². The highest BCUT2D eigenvalue weighted by Crippen LogP contribution is 2.25. The number of aryl methyl sites for hydroxylation is 1. The summed E-state index contributed by atoms with van der Waals surface area (Å²) in [4.78, 5) is 4.29. The largest absolute Gasteiger partial charge is 0.316 e. The lowest BCUT2D eigenvalue weighted by Crippen LogP contribution is -2.09. The van der Waals surface area contributed by atoms with Gasteiger partial charge in [0.1, 0.15) is 0 Å². The molecule has 0 saturated carbocycles. The molecule has 2 heterocycles. The molecule has 13 heavy (non-hydrogen) atoms. The molecule has 1 unspecified atom stereocenters. The first-order chi connectivity index (χ1) is 6.29. The normalized spacial score (nSPS) is 22.2. The lowest BCUT2D eigenvalue weighted by Gasteiger charge is -2.13. The van der Waals surface area contributed by atoms with E-state index in [2.05, 4.69) is 30.2 Å². The minimum Gasteiger partial charge on any atom is -0.316 e. The standard InChI is InChI=1S/C11H16N2/c1-8-9(2)13-6-4-11(8)10-3-5-12-7-10/h4,6,10,12H,3,5,7H2,1-2H3. The fraction of sp³-hybridized carbons (Fsp3) is 0.545. The lowest BCUT2D eigenvalue weighted by molar-refractivity contribution is 0.752. The van der Waals surface area contributed by atoms with Crippen LogP contribution in [0.5, 0.6) is 0 Å². The van der Waals surface area contributed by atoms with Crippen LogP contribution in [0.2, 0.25) is 0 Å². The van der Waals surface area contributed by atoms with E-state index in [4.69, 9.17) is 0 Å². The third-order valence-corrected chi connectivity index (χ3v) is 3.00. The topological polar surface area (TPSA) is 24.9 Å². The van der Waals surface area contributed by atoms with Crippen molar-refractivity contribution >= 4 is 0 Å². The number of nitrogens with zero attached hydrogens (tertiary/aromatic N) is 1. The van der Waals surface area contributed by atoms with Crippen molar-refractivity contribution in [1.82, 2.24) is 10.3 Å². The Labute approximate surface area is 79.4 Å². The van der Waals surface area contributed by atoms with Crippen molar-refractivity contribution in [3.63, 3.8) is 0 Å². The quantitative estimate of drug-likeness (QED) is 0.705. The van der Waals surface area contributed by atoms with Gasteiger partial charge >= 0.3 is 0 Å². The van der Waals surface area contributed by atoms with E-state index in [9.17, 15) is 0 Å². The third kappa shape index (κ3) is 1.59. The second kappa shape index (κ2) is 3.46. The number of aromatic nitrogens is 1. The van der Waals surface area contributed by atoms with E-state index in [-0.39, 0.29) is 0 Å². The van der Waals surface area contributed by atoms with Gasteiger partial charge < -0.3 is 5.32 Å². The number of rotatable bonds is 1. The smallest absolute Gasteiger partial charge is 0.0404 e. The third-order valence-electron chi connectivity index (χ3n) is 3.00. The molecule has 0 amide bonds. The number of nitrogens with one attached hydrogen (secondary N) is 1. The highest BCUT2D eigenvalue weighted by molar-refractivity contribution is 5.31. The summed E-state index contributed by atoms with van der Waals surface area (Å²) >= 11 is 0. The van der Waals surface area contributed by atoms with Crippen LogP contribution in [0.15, 0.2) is 12.3 Å². The van der Waals surface area contributed by atoms with Crippen LogP contribution in [-0.2, 0) is 0 Å². The average Bonchev–Trinajstić information content (AvgIpc) is 2.62. The van der Waals surface area contributed by atoms with Crippen LogP contribution in [0, 0.1) is 13.8 Å². The summed E-state index contributed by atoms with van der Waals surface area (Å²) in [5.74, 6) is 0.710. The molecule has 0 aromatic carbocycles. The Kier molecular flexibility index (Phi) is 2.32. The molecule has 1 aliphatic heterocycles. The van der Waals surface area contributed by atoms with Crippen molar-refractivity contribution in [3.8, 4) is 0 Å². The molecule has 0 aliphatic carbocycles. The molecule has 0 bridgehead atoms. The number of pyridine rings is 1. The zero-order chi connectivity index (χ0) is 9.26. The fourth-order valence-corrected chi connectivity index (χ4v) is 2.02. The van der Waals surface area contributed by atoms with Gasteiger partial charge in [-0.2, -0.15) is 0 Å². The van der Waals surface area contributed by atoms with E-state index in [0.717, 1.165) is 13.1 Å². The van der Waals surface area contributed by atoms with E-state index >= 15 is 0 Å². The first-order valence-electron chi connectivity index (χ1n) is 4.92. The molecule has 1 saturated heterocycles. The van der Waals surface area contributed by atoms with Crippen LogP contribution >= 0.6 is 0 Å². The summed E-state index contributed by atoms with van der Waals surface area (Å²) in [6.45, 7) is 6.55. The molecule has 1 N–H and O–H groups in total. The maximum absolute atomic E-state index is 4.29. The fourth-order valence-electron chi connectivity index (χ4n) is 2.02. The number of hydrogen-bond donors (Lipinski definition) is 1. The molecule has 1 atom stereocenters. The lowest BCUT2D eigenvalue weighted by atomic mass is 9.94. The molecule has 0 radical (unpaired) electrons. The van der Waals surface area contributed by atoms with Gasteiger partial charge in [0.2, 0.25) is 0 Å². The van der Waals surface area contributed by atoms with Crippen molar-refractivity contribution < 1.29 is 0 Å². The average molecular weight is 176 g/mol. The molecule has 70 valence electrons. The summed E-state index contributed by atoms with van der Waals surface area (Å²) < 4.78 is 0. The van der Waals surface area contributed by atoms with Gasteiger partial charge in [-0.1, -0.05) is 0 Å². The van der Waals surface area contributed by atoms with Crippen LogP contribution in [0.25, 0.3) is 0 Å². The zero-order valence-corrected chi connectivity index (χ0v) is 8.30. The Morgan fingerprint density at radius 1 is 1.46 bits per heavy atom. The maximum atomic E-state index is 4.29. The molecule has 1 aromatic heterocycles. The molecule has 1 aliphatic rings. The molecule has 0 spiro atoms. The van der Waals surface area contributed by atoms with Gasteiger partial charge in [0.15, 0.2) is 0 Å². The second-order valence-electron chi connectivity index (χ2n) is 3.80. The predicted octanol–water partition coefficient (Wildman–Crippen LogP) is 1.78. The summed E-state index contributed by atoms with van der Waals surface area (Å²) in [5.41, 5.74) is 4.03. The Balaban J connectivity index is 2.33. The van der Waals surface area contributed by atoms with Crippen LogP contribution in [0.3, 0.4) is 0 Å². The Morgan fingerprint density at radius 3 is 3.00 bits per heavy atom. The summed E-state index contributed by atoms with van der Waals surface area (Å²) in [5, 5.41) is 3.40. The highest BCUT2D eigenvalue weighted by Gasteiger charge is 2.18. The van der Waals surface area contributed by atoms with Crippen LogP contribution in [0.4, 0.5) is 0 Å². The van der Waals surface area contributed by atoms with Gasteiger partial charge in [-0.3, -0.25) is 4.98 Å². The number of hydrogen-bond acceptors (Lipinski definition) is 2. The van der Waals surface area contributed by atoms with Gasteiger partial charge in [-0.05, 0) is 49.9 Å². The van der Waals surface area contributed by atoms with Crippen molar-refractivity contribution in [3.05, 3.63) is 29.1 Å². The molecular weight excluding hydrogens is 160 g/mol. The van der Waals surface area contributed by atoms with Crippen molar-refractivity contribution in [2.45, 2.75) is 26.2 Å². The van der Waals surface area contributed by atoms with Crippen LogP contribution < -0.4 is 5.32 Å². The molecule has 2 nitrogen and oxygen atoms in total. The molecule has 2 heteroatoms. The van der Waals surface area contributed by atoms with Crippen molar-refractivity contribution in [1.29, 1.82) is 0 Å². The first kappa shape index (κ1) is 8.70. The Bertz CT molecular complexity index is 301. The Hall–Kier alpha value is -0.890. The van der Waals surface area contributed by atoms with E-state index in [1.807, 2.05) is 6.20 Å². The molecular formula is C11H16N2. The van der Waals surface area contributed by atoms with Gasteiger partial charge in [-0.15, -0.1) is 0 Å². The minimum absolute atomic E-state index is 0.710. The molecule has 2 rings (SSSR count). The van der Waals surface area contributed by atoms with Crippen molar-refractivity contribution in [2.75, 3.05) is 13.1 Å². The van der Waals surface area contributed by atoms with Gasteiger partial charge in [-0.25, -0.2) is 0 Å². The highest BCUT2D eigenvalue weighted by atomic mass is 14.9. The van der Waals surface area contributed by atoms with Crippen LogP contribution in [0.1, 0.15) is 29.2 Å². The predicted molar refractivity (Wildman–Crippen MR) is 53.9 cm³/mol. The molecule has 1 fully saturated rings. The van der Waals surface area contributed by atoms with E-state index in [1.54, 1.807) is 0 Å². The summed E-state index contributed by atoms with van der Waals surface area (Å²) in [6.07, 6.45) is 3.19. The van der Waals surface area contributed by atoms with Gasteiger partial charge in [0, 0.05) is 18.4 Å². The summed E-state index contributed by atoms with van der Waals surface area (Å²) in [7, 11) is 0. The SMILES string of the molecule is Cc1nccc(C2CCNC2)c1C. The van der Waals surface area contributed by atoms with E-state index in [0.29, 0.717) is 5.92 Å². The zero-order valence-electron chi connectivity index (χ0n) is 8.30. The first-order valence-corrected chi connectivity index (χ1v) is 4.92. The second-order valence-corrected chi connectivity index (χ2v) is 3.80. The molecule has 1 aromatic rings. The monoisotopic (exact) mass is 176 g/mol. The maximum Gasteiger partial charge on any atom is 0.0404 e. The van der Waals surface area contributed by atoms with Crippen LogP contribution in [-0.4, -0.2) is 18.1 Å². The van der Waals surface area contributed by atoms with Gasteiger partial charge in [0.05, 0.1) is 0 Å².